The SMILES string of the molecule is CC/C=C\C/C=C\C/C=C\C/C=C\CCCCCCCCC(=O)OCC(COC(=O)CCCCCCCCCC)OC(=O)CCCCCCC/C=C\CCCCCCCCC. The topological polar surface area (TPSA) is 78.9 Å². The average molecular weight is 853 g/mol. The Morgan fingerprint density at radius 3 is 1.02 bits per heavy atom. The van der Waals surface area contributed by atoms with Crippen molar-refractivity contribution in [3.63, 3.8) is 0 Å². The minimum atomic E-state index is -0.781. The van der Waals surface area contributed by atoms with Crippen molar-refractivity contribution >= 4 is 17.9 Å². The quantitative estimate of drug-likeness (QED) is 0.0263. The van der Waals surface area contributed by atoms with Gasteiger partial charge in [0, 0.05) is 19.3 Å². The third kappa shape index (κ3) is 48.0. The number of hydrogen-bond acceptors (Lipinski definition) is 6. The van der Waals surface area contributed by atoms with Crippen LogP contribution in [0.15, 0.2) is 60.8 Å². The zero-order chi connectivity index (χ0) is 44.4. The zero-order valence-electron chi connectivity index (χ0n) is 40.2. The number of rotatable bonds is 46. The van der Waals surface area contributed by atoms with E-state index >= 15 is 0 Å². The van der Waals surface area contributed by atoms with Gasteiger partial charge in [0.1, 0.15) is 13.2 Å². The Kier molecular flexibility index (Phi) is 47.4. The van der Waals surface area contributed by atoms with E-state index in [9.17, 15) is 14.4 Å². The first kappa shape index (κ1) is 58.1. The second kappa shape index (κ2) is 49.8. The van der Waals surface area contributed by atoms with Crippen LogP contribution in [0.3, 0.4) is 0 Å². The van der Waals surface area contributed by atoms with Gasteiger partial charge >= 0.3 is 17.9 Å². The molecule has 0 aliphatic carbocycles. The first-order chi connectivity index (χ1) is 30.0. The standard InChI is InChI=1S/C55H96O6/c1-4-7-10-13-16-19-21-23-25-27-28-29-31-32-34-36-39-42-45-48-54(57)60-51-52(50-59-53(56)47-44-41-38-18-15-12-9-6-3)61-55(58)49-46-43-40-37-35-33-30-26-24-22-20-17-14-11-8-5-2/h7,10,16,19,23,25-26,28-30,52H,4-6,8-9,11-15,17-18,20-22,24,27,31-51H2,1-3H3/b10-7-,19-16-,25-23-,29-28-,30-26-. The van der Waals surface area contributed by atoms with Gasteiger partial charge in [0.2, 0.25) is 0 Å². The van der Waals surface area contributed by atoms with Gasteiger partial charge < -0.3 is 14.2 Å². The molecule has 0 saturated carbocycles. The van der Waals surface area contributed by atoms with Crippen LogP contribution in [0, 0.1) is 0 Å². The maximum atomic E-state index is 12.8. The molecule has 0 heterocycles. The largest absolute Gasteiger partial charge is 0.462 e. The van der Waals surface area contributed by atoms with Gasteiger partial charge in [-0.1, -0.05) is 210 Å². The Bertz CT molecular complexity index is 1120. The van der Waals surface area contributed by atoms with E-state index in [1.54, 1.807) is 0 Å². The lowest BCUT2D eigenvalue weighted by Crippen LogP contribution is -2.30. The normalized spacial score (nSPS) is 12.5. The van der Waals surface area contributed by atoms with Crippen LogP contribution < -0.4 is 0 Å². The highest BCUT2D eigenvalue weighted by atomic mass is 16.6. The van der Waals surface area contributed by atoms with Crippen molar-refractivity contribution in [1.82, 2.24) is 0 Å². The lowest BCUT2D eigenvalue weighted by Gasteiger charge is -2.18. The molecule has 0 amide bonds. The van der Waals surface area contributed by atoms with Crippen molar-refractivity contribution in [3.05, 3.63) is 60.8 Å². The number of ether oxygens (including phenoxy) is 3. The fourth-order valence-corrected chi connectivity index (χ4v) is 7.13. The molecule has 0 N–H and O–H groups in total. The van der Waals surface area contributed by atoms with Crippen molar-refractivity contribution in [2.45, 2.75) is 258 Å². The van der Waals surface area contributed by atoms with Crippen molar-refractivity contribution < 1.29 is 28.6 Å². The lowest BCUT2D eigenvalue weighted by molar-refractivity contribution is -0.167. The third-order valence-electron chi connectivity index (χ3n) is 11.0. The Morgan fingerprint density at radius 2 is 0.639 bits per heavy atom. The fraction of sp³-hybridized carbons (Fsp3) is 0.764. The van der Waals surface area contributed by atoms with Gasteiger partial charge in [0.25, 0.3) is 0 Å². The van der Waals surface area contributed by atoms with E-state index in [-0.39, 0.29) is 31.1 Å². The van der Waals surface area contributed by atoms with Gasteiger partial charge in [-0.15, -0.1) is 0 Å². The van der Waals surface area contributed by atoms with Gasteiger partial charge in [-0.3, -0.25) is 14.4 Å². The molecule has 0 aromatic carbocycles. The molecule has 6 heteroatoms. The monoisotopic (exact) mass is 853 g/mol. The summed E-state index contributed by atoms with van der Waals surface area (Å²) in [7, 11) is 0. The smallest absolute Gasteiger partial charge is 0.306 e. The van der Waals surface area contributed by atoms with Gasteiger partial charge in [-0.05, 0) is 83.5 Å². The Labute approximate surface area is 377 Å². The number of esters is 3. The number of carbonyl (C=O) groups excluding carboxylic acids is 3. The maximum absolute atomic E-state index is 12.8. The predicted molar refractivity (Wildman–Crippen MR) is 261 cm³/mol. The summed E-state index contributed by atoms with van der Waals surface area (Å²) >= 11 is 0. The molecule has 0 rings (SSSR count). The molecular formula is C55H96O6. The Morgan fingerprint density at radius 1 is 0.344 bits per heavy atom. The number of unbranched alkanes of at least 4 members (excludes halogenated alkanes) is 25. The summed E-state index contributed by atoms with van der Waals surface area (Å²) in [5.74, 6) is -0.904. The van der Waals surface area contributed by atoms with E-state index in [1.807, 2.05) is 0 Å². The van der Waals surface area contributed by atoms with E-state index in [0.717, 1.165) is 103 Å². The molecule has 0 spiro atoms. The van der Waals surface area contributed by atoms with Gasteiger partial charge in [0.05, 0.1) is 0 Å². The Hall–Kier alpha value is -2.89. The summed E-state index contributed by atoms with van der Waals surface area (Å²) in [6.45, 7) is 6.48. The van der Waals surface area contributed by atoms with Crippen LogP contribution in [0.1, 0.15) is 252 Å². The molecule has 1 unspecified atom stereocenters. The summed E-state index contributed by atoms with van der Waals surface area (Å²) < 4.78 is 16.7. The van der Waals surface area contributed by atoms with Crippen LogP contribution in [0.4, 0.5) is 0 Å². The van der Waals surface area contributed by atoms with Gasteiger partial charge in [-0.2, -0.15) is 0 Å². The second-order valence-electron chi connectivity index (χ2n) is 17.1. The average Bonchev–Trinajstić information content (AvgIpc) is 3.26. The molecule has 6 nitrogen and oxygen atoms in total. The molecule has 0 bridgehead atoms. The summed E-state index contributed by atoms with van der Waals surface area (Å²) in [5, 5.41) is 0. The first-order valence-corrected chi connectivity index (χ1v) is 25.8. The minimum Gasteiger partial charge on any atom is -0.462 e. The molecule has 0 aliphatic rings. The molecule has 0 aromatic heterocycles. The van der Waals surface area contributed by atoms with Crippen molar-refractivity contribution in [3.8, 4) is 0 Å². The molecule has 0 saturated heterocycles. The van der Waals surface area contributed by atoms with Gasteiger partial charge in [0.15, 0.2) is 6.10 Å². The van der Waals surface area contributed by atoms with E-state index in [2.05, 4.69) is 81.5 Å². The summed E-state index contributed by atoms with van der Waals surface area (Å²) in [5.41, 5.74) is 0. The fourth-order valence-electron chi connectivity index (χ4n) is 7.13. The lowest BCUT2D eigenvalue weighted by atomic mass is 10.1. The van der Waals surface area contributed by atoms with Crippen LogP contribution in [-0.2, 0) is 28.6 Å². The minimum absolute atomic E-state index is 0.0811. The molecule has 61 heavy (non-hydrogen) atoms. The molecule has 352 valence electrons. The van der Waals surface area contributed by atoms with E-state index in [0.29, 0.717) is 19.3 Å². The second-order valence-corrected chi connectivity index (χ2v) is 17.1. The van der Waals surface area contributed by atoms with E-state index in [1.165, 1.54) is 109 Å². The van der Waals surface area contributed by atoms with Gasteiger partial charge in [-0.25, -0.2) is 0 Å². The number of hydrogen-bond donors (Lipinski definition) is 0. The summed E-state index contributed by atoms with van der Waals surface area (Å²) in [6, 6.07) is 0. The molecular weight excluding hydrogens is 757 g/mol. The van der Waals surface area contributed by atoms with Crippen LogP contribution in [0.2, 0.25) is 0 Å². The summed E-state index contributed by atoms with van der Waals surface area (Å²) in [4.78, 5) is 37.8. The highest BCUT2D eigenvalue weighted by molar-refractivity contribution is 5.71. The first-order valence-electron chi connectivity index (χ1n) is 25.8. The maximum Gasteiger partial charge on any atom is 0.306 e. The zero-order valence-corrected chi connectivity index (χ0v) is 40.2. The third-order valence-corrected chi connectivity index (χ3v) is 11.0. The molecule has 0 radical (unpaired) electrons. The van der Waals surface area contributed by atoms with E-state index in [4.69, 9.17) is 14.2 Å². The van der Waals surface area contributed by atoms with Crippen LogP contribution in [-0.4, -0.2) is 37.2 Å². The highest BCUT2D eigenvalue weighted by Gasteiger charge is 2.19. The molecule has 1 atom stereocenters. The van der Waals surface area contributed by atoms with Crippen molar-refractivity contribution in [1.29, 1.82) is 0 Å². The van der Waals surface area contributed by atoms with Crippen molar-refractivity contribution in [2.75, 3.05) is 13.2 Å². The van der Waals surface area contributed by atoms with Crippen molar-refractivity contribution in [2.24, 2.45) is 0 Å². The van der Waals surface area contributed by atoms with E-state index < -0.39 is 6.10 Å². The predicted octanol–water partition coefficient (Wildman–Crippen LogP) is 16.9. The molecule has 0 aliphatic heterocycles. The van der Waals surface area contributed by atoms with Crippen LogP contribution in [0.5, 0.6) is 0 Å². The number of carbonyl (C=O) groups is 3. The van der Waals surface area contributed by atoms with Crippen LogP contribution in [0.25, 0.3) is 0 Å². The highest BCUT2D eigenvalue weighted by Crippen LogP contribution is 2.14. The number of allylic oxidation sites excluding steroid dienone is 10. The Balaban J connectivity index is 4.32. The summed E-state index contributed by atoms with van der Waals surface area (Å²) in [6.07, 6.45) is 60.7. The molecule has 0 aromatic rings. The molecule has 0 fully saturated rings. The van der Waals surface area contributed by atoms with Crippen LogP contribution >= 0.6 is 0 Å².